The summed E-state index contributed by atoms with van der Waals surface area (Å²) in [6.07, 6.45) is 0.223. The number of aliphatic carboxylic acids is 1. The third-order valence-electron chi connectivity index (χ3n) is 2.72. The van der Waals surface area contributed by atoms with E-state index in [1.165, 1.54) is 6.07 Å². The molecule has 1 heterocycles. The number of hydrogen-bond donors (Lipinski definition) is 1. The molecule has 2 rings (SSSR count). The van der Waals surface area contributed by atoms with Crippen LogP contribution >= 0.6 is 0 Å². The van der Waals surface area contributed by atoms with Crippen LogP contribution in [-0.2, 0) is 11.2 Å². The Kier molecular flexibility index (Phi) is 3.85. The maximum Gasteiger partial charge on any atom is 0.336 e. The van der Waals surface area contributed by atoms with Gasteiger partial charge in [0.15, 0.2) is 0 Å². The first kappa shape index (κ1) is 13.1. The van der Waals surface area contributed by atoms with Gasteiger partial charge in [0.2, 0.25) is 0 Å². The Morgan fingerprint density at radius 3 is 2.89 bits per heavy atom. The molecular weight excluding hydrogens is 248 g/mol. The van der Waals surface area contributed by atoms with Crippen molar-refractivity contribution in [1.82, 2.24) is 0 Å². The highest BCUT2D eigenvalue weighted by Crippen LogP contribution is 2.28. The van der Waals surface area contributed by atoms with Crippen molar-refractivity contribution in [1.29, 1.82) is 0 Å². The predicted octanol–water partition coefficient (Wildman–Crippen LogP) is 2.21. The van der Waals surface area contributed by atoms with Crippen LogP contribution in [0.3, 0.4) is 0 Å². The molecule has 0 aliphatic carbocycles. The minimum absolute atomic E-state index is 0.0426. The van der Waals surface area contributed by atoms with Gasteiger partial charge in [-0.15, -0.1) is 0 Å². The summed E-state index contributed by atoms with van der Waals surface area (Å²) >= 11 is 0. The lowest BCUT2D eigenvalue weighted by atomic mass is 10.0. The highest BCUT2D eigenvalue weighted by Gasteiger charge is 2.12. The molecule has 0 bridgehead atoms. The molecule has 0 spiro atoms. The third kappa shape index (κ3) is 2.93. The third-order valence-corrected chi connectivity index (χ3v) is 2.72. The zero-order valence-electron chi connectivity index (χ0n) is 10.5. The quantitative estimate of drug-likeness (QED) is 0.836. The van der Waals surface area contributed by atoms with Gasteiger partial charge in [0.05, 0.1) is 12.0 Å². The van der Waals surface area contributed by atoms with Crippen molar-refractivity contribution in [3.63, 3.8) is 0 Å². The molecule has 0 amide bonds. The van der Waals surface area contributed by atoms with E-state index in [0.29, 0.717) is 28.9 Å². The summed E-state index contributed by atoms with van der Waals surface area (Å²) in [4.78, 5) is 22.1. The van der Waals surface area contributed by atoms with Gasteiger partial charge in [0.25, 0.3) is 0 Å². The fraction of sp³-hybridized carbons (Fsp3) is 0.286. The second-order valence-electron chi connectivity index (χ2n) is 4.05. The summed E-state index contributed by atoms with van der Waals surface area (Å²) in [5.74, 6) is -0.306. The molecular formula is C14H14O5. The van der Waals surface area contributed by atoms with Crippen LogP contribution in [0, 0.1) is 0 Å². The molecule has 0 radical (unpaired) electrons. The topological polar surface area (TPSA) is 76.7 Å². The lowest BCUT2D eigenvalue weighted by molar-refractivity contribution is -0.136. The van der Waals surface area contributed by atoms with Gasteiger partial charge in [0, 0.05) is 12.5 Å². The largest absolute Gasteiger partial charge is 0.493 e. The van der Waals surface area contributed by atoms with Gasteiger partial charge in [-0.2, -0.15) is 0 Å². The standard InChI is InChI=1S/C14H14O5/c1-2-18-10-4-3-5-11-14(10)9(6-7-12(15)16)8-13(17)19-11/h3-5,8H,2,6-7H2,1H3,(H,15,16). The summed E-state index contributed by atoms with van der Waals surface area (Å²) in [6.45, 7) is 2.34. The fourth-order valence-electron chi connectivity index (χ4n) is 1.98. The Balaban J connectivity index is 2.58. The summed E-state index contributed by atoms with van der Waals surface area (Å²) in [5, 5.41) is 9.43. The summed E-state index contributed by atoms with van der Waals surface area (Å²) in [6, 6.07) is 6.50. The number of ether oxygens (including phenoxy) is 1. The van der Waals surface area contributed by atoms with Crippen molar-refractivity contribution in [2.75, 3.05) is 6.61 Å². The predicted molar refractivity (Wildman–Crippen MR) is 69.6 cm³/mol. The van der Waals surface area contributed by atoms with Gasteiger partial charge >= 0.3 is 11.6 Å². The van der Waals surface area contributed by atoms with Crippen LogP contribution in [0.4, 0.5) is 0 Å². The van der Waals surface area contributed by atoms with Crippen LogP contribution in [0.5, 0.6) is 5.75 Å². The number of carboxylic acid groups (broad SMARTS) is 1. The van der Waals surface area contributed by atoms with Gasteiger partial charge < -0.3 is 14.3 Å². The van der Waals surface area contributed by atoms with Crippen LogP contribution < -0.4 is 10.4 Å². The Bertz CT molecular complexity index is 656. The molecule has 1 aromatic carbocycles. The molecule has 2 aromatic rings. The fourth-order valence-corrected chi connectivity index (χ4v) is 1.98. The van der Waals surface area contributed by atoms with Crippen molar-refractivity contribution in [2.24, 2.45) is 0 Å². The molecule has 0 fully saturated rings. The average Bonchev–Trinajstić information content (AvgIpc) is 2.36. The Morgan fingerprint density at radius 2 is 2.21 bits per heavy atom. The van der Waals surface area contributed by atoms with Crippen molar-refractivity contribution in [3.8, 4) is 5.75 Å². The maximum atomic E-state index is 11.5. The molecule has 0 aliphatic heterocycles. The van der Waals surface area contributed by atoms with Crippen LogP contribution in [0.1, 0.15) is 18.9 Å². The van der Waals surface area contributed by atoms with E-state index in [-0.39, 0.29) is 12.8 Å². The monoisotopic (exact) mass is 262 g/mol. The van der Waals surface area contributed by atoms with Gasteiger partial charge in [-0.1, -0.05) is 6.07 Å². The molecule has 0 saturated carbocycles. The smallest absolute Gasteiger partial charge is 0.336 e. The SMILES string of the molecule is CCOc1cccc2oc(=O)cc(CCC(=O)O)c12. The van der Waals surface area contributed by atoms with Crippen molar-refractivity contribution in [2.45, 2.75) is 19.8 Å². The first-order chi connectivity index (χ1) is 9.11. The molecule has 5 heteroatoms. The van der Waals surface area contributed by atoms with Gasteiger partial charge in [0.1, 0.15) is 11.3 Å². The van der Waals surface area contributed by atoms with E-state index < -0.39 is 11.6 Å². The van der Waals surface area contributed by atoms with Gasteiger partial charge in [-0.25, -0.2) is 4.79 Å². The zero-order valence-corrected chi connectivity index (χ0v) is 10.5. The number of benzene rings is 1. The van der Waals surface area contributed by atoms with Crippen molar-refractivity contribution in [3.05, 3.63) is 40.2 Å². The first-order valence-electron chi connectivity index (χ1n) is 6.02. The van der Waals surface area contributed by atoms with Crippen LogP contribution in [0.25, 0.3) is 11.0 Å². The lowest BCUT2D eigenvalue weighted by Crippen LogP contribution is -2.05. The van der Waals surface area contributed by atoms with E-state index in [1.807, 2.05) is 6.92 Å². The van der Waals surface area contributed by atoms with E-state index in [0.717, 1.165) is 0 Å². The van der Waals surface area contributed by atoms with Crippen LogP contribution in [-0.4, -0.2) is 17.7 Å². The van der Waals surface area contributed by atoms with Gasteiger partial charge in [-0.05, 0) is 31.0 Å². The highest BCUT2D eigenvalue weighted by molar-refractivity contribution is 5.87. The number of aryl methyl sites for hydroxylation is 1. The van der Waals surface area contributed by atoms with Crippen molar-refractivity contribution < 1.29 is 19.1 Å². The van der Waals surface area contributed by atoms with E-state index in [1.54, 1.807) is 18.2 Å². The average molecular weight is 262 g/mol. The summed E-state index contributed by atoms with van der Waals surface area (Å²) in [7, 11) is 0. The molecule has 19 heavy (non-hydrogen) atoms. The summed E-state index contributed by atoms with van der Waals surface area (Å²) < 4.78 is 10.6. The van der Waals surface area contributed by atoms with E-state index in [4.69, 9.17) is 14.3 Å². The van der Waals surface area contributed by atoms with Crippen LogP contribution in [0.2, 0.25) is 0 Å². The summed E-state index contributed by atoms with van der Waals surface area (Å²) in [5.41, 5.74) is 0.568. The minimum Gasteiger partial charge on any atom is -0.493 e. The van der Waals surface area contributed by atoms with E-state index >= 15 is 0 Å². The molecule has 5 nitrogen and oxygen atoms in total. The lowest BCUT2D eigenvalue weighted by Gasteiger charge is -2.10. The number of carboxylic acids is 1. The van der Waals surface area contributed by atoms with Gasteiger partial charge in [-0.3, -0.25) is 4.79 Å². The Hall–Kier alpha value is -2.30. The molecule has 1 aromatic heterocycles. The van der Waals surface area contributed by atoms with Crippen molar-refractivity contribution >= 4 is 16.9 Å². The number of rotatable bonds is 5. The van der Waals surface area contributed by atoms with E-state index in [9.17, 15) is 9.59 Å². The van der Waals surface area contributed by atoms with Crippen LogP contribution in [0.15, 0.2) is 33.5 Å². The number of carbonyl (C=O) groups is 1. The first-order valence-corrected chi connectivity index (χ1v) is 6.02. The molecule has 1 N–H and O–H groups in total. The maximum absolute atomic E-state index is 11.5. The molecule has 0 saturated heterocycles. The number of fused-ring (bicyclic) bond motifs is 1. The molecule has 100 valence electrons. The second-order valence-corrected chi connectivity index (χ2v) is 4.05. The zero-order chi connectivity index (χ0) is 13.8. The Labute approximate surface area is 109 Å². The second kappa shape index (κ2) is 5.56. The normalized spacial score (nSPS) is 10.6. The Morgan fingerprint density at radius 1 is 1.42 bits per heavy atom. The molecule has 0 aliphatic rings. The molecule has 0 unspecified atom stereocenters. The highest BCUT2D eigenvalue weighted by atomic mass is 16.5. The molecule has 0 atom stereocenters. The number of hydrogen-bond acceptors (Lipinski definition) is 4. The van der Waals surface area contributed by atoms with E-state index in [2.05, 4.69) is 0 Å². The minimum atomic E-state index is -0.907.